The number of anilines is 1. The molecule has 1 aromatic heterocycles. The van der Waals surface area contributed by atoms with Crippen molar-refractivity contribution >= 4 is 60.1 Å². The fraction of sp³-hybridized carbons (Fsp3) is 0.300. The van der Waals surface area contributed by atoms with Gasteiger partial charge in [-0.05, 0) is 42.8 Å². The van der Waals surface area contributed by atoms with Gasteiger partial charge in [-0.15, -0.1) is 0 Å². The van der Waals surface area contributed by atoms with Crippen LogP contribution < -0.4 is 10.1 Å². The Balaban J connectivity index is 1.73. The fourth-order valence-electron chi connectivity index (χ4n) is 2.63. The summed E-state index contributed by atoms with van der Waals surface area (Å²) in [7, 11) is 0. The van der Waals surface area contributed by atoms with Crippen molar-refractivity contribution < 1.29 is 9.53 Å². The number of unbranched alkanes of at least 4 members (excludes halogenated alkanes) is 3. The van der Waals surface area contributed by atoms with Gasteiger partial charge in [0.1, 0.15) is 5.75 Å². The van der Waals surface area contributed by atoms with Crippen LogP contribution in [0.1, 0.15) is 43.0 Å². The minimum absolute atomic E-state index is 0.245. The minimum atomic E-state index is -0.245. The molecule has 1 heterocycles. The first-order valence-electron chi connectivity index (χ1n) is 8.86. The zero-order chi connectivity index (χ0) is 19.2. The molecule has 0 atom stereocenters. The Morgan fingerprint density at radius 3 is 2.89 bits per heavy atom. The molecule has 142 valence electrons. The number of halogens is 2. The molecule has 0 spiro atoms. The van der Waals surface area contributed by atoms with Gasteiger partial charge in [0.05, 0.1) is 22.4 Å². The number of amides is 1. The molecule has 0 unspecified atom stereocenters. The molecule has 3 aromatic rings. The van der Waals surface area contributed by atoms with E-state index >= 15 is 0 Å². The van der Waals surface area contributed by atoms with Crippen molar-refractivity contribution in [1.29, 1.82) is 0 Å². The lowest BCUT2D eigenvalue weighted by Gasteiger charge is -2.11. The van der Waals surface area contributed by atoms with E-state index in [1.165, 1.54) is 24.2 Å². The third-order valence-electron chi connectivity index (χ3n) is 4.01. The molecule has 0 bridgehead atoms. The van der Waals surface area contributed by atoms with Crippen LogP contribution in [0.3, 0.4) is 0 Å². The number of hydrogen-bond donors (Lipinski definition) is 1. The Bertz CT molecular complexity index is 945. The van der Waals surface area contributed by atoms with Gasteiger partial charge >= 0.3 is 0 Å². The van der Waals surface area contributed by atoms with Gasteiger partial charge in [-0.25, -0.2) is 4.98 Å². The zero-order valence-electron chi connectivity index (χ0n) is 14.9. The number of nitrogens with one attached hydrogen (secondary N) is 1. The number of thiazole rings is 1. The van der Waals surface area contributed by atoms with Crippen molar-refractivity contribution in [3.8, 4) is 5.75 Å². The molecular formula is C20H20BrClN2O2S. The maximum atomic E-state index is 12.8. The van der Waals surface area contributed by atoms with Crippen LogP contribution in [-0.4, -0.2) is 17.5 Å². The summed E-state index contributed by atoms with van der Waals surface area (Å²) in [6.45, 7) is 2.77. The summed E-state index contributed by atoms with van der Waals surface area (Å²) in [4.78, 5) is 17.2. The largest absolute Gasteiger partial charge is 0.493 e. The van der Waals surface area contributed by atoms with E-state index in [-0.39, 0.29) is 5.91 Å². The van der Waals surface area contributed by atoms with Gasteiger partial charge in [-0.1, -0.05) is 65.1 Å². The molecule has 27 heavy (non-hydrogen) atoms. The van der Waals surface area contributed by atoms with Crippen LogP contribution in [-0.2, 0) is 0 Å². The summed E-state index contributed by atoms with van der Waals surface area (Å²) in [5, 5.41) is 4.05. The second-order valence-electron chi connectivity index (χ2n) is 6.13. The van der Waals surface area contributed by atoms with Gasteiger partial charge in [0.25, 0.3) is 5.91 Å². The standard InChI is InChI=1S/C20H20BrClN2O2S/c1-2-3-4-5-10-26-17-9-6-13(21)11-15(17)19(25)24-20-23-16-8-7-14(22)12-18(16)27-20/h6-9,11-12H,2-5,10H2,1H3,(H,23,24,25). The predicted molar refractivity (Wildman–Crippen MR) is 116 cm³/mol. The molecule has 0 fully saturated rings. The summed E-state index contributed by atoms with van der Waals surface area (Å²) in [5.41, 5.74) is 1.29. The zero-order valence-corrected chi connectivity index (χ0v) is 18.1. The van der Waals surface area contributed by atoms with Crippen molar-refractivity contribution in [3.63, 3.8) is 0 Å². The monoisotopic (exact) mass is 466 g/mol. The van der Waals surface area contributed by atoms with Crippen LogP contribution in [0.4, 0.5) is 5.13 Å². The molecule has 0 radical (unpaired) electrons. The van der Waals surface area contributed by atoms with E-state index in [1.54, 1.807) is 12.1 Å². The highest BCUT2D eigenvalue weighted by Crippen LogP contribution is 2.30. The summed E-state index contributed by atoms with van der Waals surface area (Å²) >= 11 is 10.8. The molecule has 0 aliphatic carbocycles. The van der Waals surface area contributed by atoms with Crippen molar-refractivity contribution in [3.05, 3.63) is 51.5 Å². The van der Waals surface area contributed by atoms with Crippen LogP contribution in [0, 0.1) is 0 Å². The topological polar surface area (TPSA) is 51.2 Å². The second-order valence-corrected chi connectivity index (χ2v) is 8.52. The van der Waals surface area contributed by atoms with Gasteiger partial charge in [0.2, 0.25) is 0 Å². The number of nitrogens with zero attached hydrogens (tertiary/aromatic N) is 1. The van der Waals surface area contributed by atoms with Crippen molar-refractivity contribution in [1.82, 2.24) is 4.98 Å². The van der Waals surface area contributed by atoms with E-state index in [9.17, 15) is 4.79 Å². The first kappa shape index (κ1) is 20.1. The maximum Gasteiger partial charge on any atom is 0.261 e. The van der Waals surface area contributed by atoms with Gasteiger partial charge in [0.15, 0.2) is 5.13 Å². The SMILES string of the molecule is CCCCCCOc1ccc(Br)cc1C(=O)Nc1nc2ccc(Cl)cc2s1. The molecule has 0 aliphatic rings. The number of benzene rings is 2. The van der Waals surface area contributed by atoms with Crippen LogP contribution >= 0.6 is 38.9 Å². The van der Waals surface area contributed by atoms with Crippen LogP contribution in [0.5, 0.6) is 5.75 Å². The van der Waals surface area contributed by atoms with Crippen LogP contribution in [0.2, 0.25) is 5.02 Å². The lowest BCUT2D eigenvalue weighted by Crippen LogP contribution is -2.14. The number of carbonyl (C=O) groups excluding carboxylic acids is 1. The molecular weight excluding hydrogens is 448 g/mol. The maximum absolute atomic E-state index is 12.8. The Morgan fingerprint density at radius 1 is 1.22 bits per heavy atom. The van der Waals surface area contributed by atoms with Crippen molar-refractivity contribution in [2.75, 3.05) is 11.9 Å². The van der Waals surface area contributed by atoms with Crippen LogP contribution in [0.25, 0.3) is 10.2 Å². The Hall–Kier alpha value is -1.63. The minimum Gasteiger partial charge on any atom is -0.493 e. The average molecular weight is 468 g/mol. The number of fused-ring (bicyclic) bond motifs is 1. The first-order chi connectivity index (χ1) is 13.1. The molecule has 3 rings (SSSR count). The van der Waals surface area contributed by atoms with Crippen molar-refractivity contribution in [2.45, 2.75) is 32.6 Å². The molecule has 0 saturated heterocycles. The molecule has 1 N–H and O–H groups in total. The number of ether oxygens (including phenoxy) is 1. The third kappa shape index (κ3) is 5.43. The van der Waals surface area contributed by atoms with E-state index in [0.717, 1.165) is 27.5 Å². The molecule has 0 saturated carbocycles. The summed E-state index contributed by atoms with van der Waals surface area (Å²) in [5.74, 6) is 0.335. The van der Waals surface area contributed by atoms with E-state index in [2.05, 4.69) is 33.2 Å². The highest BCUT2D eigenvalue weighted by atomic mass is 79.9. The number of hydrogen-bond acceptors (Lipinski definition) is 4. The van der Waals surface area contributed by atoms with E-state index < -0.39 is 0 Å². The highest BCUT2D eigenvalue weighted by molar-refractivity contribution is 9.10. The average Bonchev–Trinajstić information content (AvgIpc) is 3.03. The number of rotatable bonds is 8. The quantitative estimate of drug-likeness (QED) is 0.366. The van der Waals surface area contributed by atoms with E-state index in [4.69, 9.17) is 16.3 Å². The normalized spacial score (nSPS) is 10.9. The van der Waals surface area contributed by atoms with Gasteiger partial charge in [-0.2, -0.15) is 0 Å². The molecule has 2 aromatic carbocycles. The lowest BCUT2D eigenvalue weighted by molar-refractivity contribution is 0.102. The summed E-state index contributed by atoms with van der Waals surface area (Å²) < 4.78 is 7.61. The highest BCUT2D eigenvalue weighted by Gasteiger charge is 2.16. The first-order valence-corrected chi connectivity index (χ1v) is 10.9. The van der Waals surface area contributed by atoms with Gasteiger partial charge < -0.3 is 4.74 Å². The molecule has 7 heteroatoms. The smallest absolute Gasteiger partial charge is 0.261 e. The van der Waals surface area contributed by atoms with E-state index in [0.29, 0.717) is 28.1 Å². The second kappa shape index (κ2) is 9.53. The summed E-state index contributed by atoms with van der Waals surface area (Å²) in [6, 6.07) is 10.9. The van der Waals surface area contributed by atoms with E-state index in [1.807, 2.05) is 24.3 Å². The Labute approximate surface area is 176 Å². The summed E-state index contributed by atoms with van der Waals surface area (Å²) in [6.07, 6.45) is 4.48. The number of carbonyl (C=O) groups is 1. The third-order valence-corrected chi connectivity index (χ3v) is 5.67. The Morgan fingerprint density at radius 2 is 2.07 bits per heavy atom. The number of aromatic nitrogens is 1. The fourth-order valence-corrected chi connectivity index (χ4v) is 4.13. The van der Waals surface area contributed by atoms with Crippen molar-refractivity contribution in [2.24, 2.45) is 0 Å². The van der Waals surface area contributed by atoms with Gasteiger partial charge in [-0.3, -0.25) is 10.1 Å². The van der Waals surface area contributed by atoms with Crippen LogP contribution in [0.15, 0.2) is 40.9 Å². The lowest BCUT2D eigenvalue weighted by atomic mass is 10.2. The molecule has 4 nitrogen and oxygen atoms in total. The molecule has 0 aliphatic heterocycles. The molecule has 1 amide bonds. The van der Waals surface area contributed by atoms with Gasteiger partial charge in [0, 0.05) is 9.50 Å². The Kier molecular flexibility index (Phi) is 7.10. The predicted octanol–water partition coefficient (Wildman–Crippen LogP) is 6.92.